The van der Waals surface area contributed by atoms with Gasteiger partial charge in [0.15, 0.2) is 0 Å². The Bertz CT molecular complexity index is 3530. The summed E-state index contributed by atoms with van der Waals surface area (Å²) in [6.45, 7) is 0. The topological polar surface area (TPSA) is 9.86 Å². The highest BCUT2D eigenvalue weighted by molar-refractivity contribution is 7.26. The number of aromatic nitrogens is 2. The van der Waals surface area contributed by atoms with Crippen LogP contribution < -0.4 is 0 Å². The largest absolute Gasteiger partial charge is 0.309 e. The lowest BCUT2D eigenvalue weighted by molar-refractivity contribution is 1.18. The molecule has 0 saturated carbocycles. The summed E-state index contributed by atoms with van der Waals surface area (Å²) in [4.78, 5) is 0. The highest BCUT2D eigenvalue weighted by Crippen LogP contribution is 2.43. The van der Waals surface area contributed by atoms with E-state index in [1.54, 1.807) is 15.9 Å². The first-order valence-corrected chi connectivity index (χ1v) is 17.7. The Labute approximate surface area is 308 Å². The van der Waals surface area contributed by atoms with Gasteiger partial charge in [-0.2, -0.15) is 0 Å². The molecule has 8 aromatic carbocycles. The predicted octanol–water partition coefficient (Wildman–Crippen LogP) is 13.6. The van der Waals surface area contributed by atoms with E-state index in [9.17, 15) is 6.85 Å². The summed E-state index contributed by atoms with van der Waals surface area (Å²) in [5, 5.41) is 4.35. The first-order valence-electron chi connectivity index (χ1n) is 20.4. The van der Waals surface area contributed by atoms with Crippen molar-refractivity contribution in [2.45, 2.75) is 0 Å². The molecule has 0 atom stereocenters. The van der Waals surface area contributed by atoms with E-state index < -0.39 is 12.1 Å². The number of hydrogen-bond acceptors (Lipinski definition) is 1. The van der Waals surface area contributed by atoms with Gasteiger partial charge in [0, 0.05) is 42.7 Å². The van der Waals surface area contributed by atoms with Crippen molar-refractivity contribution in [1.29, 1.82) is 0 Å². The van der Waals surface area contributed by atoms with Gasteiger partial charge in [-0.1, -0.05) is 121 Å². The maximum atomic E-state index is 9.93. The standard InChI is InChI=1S/C48H30N2S/c1-3-13-31(14-4-1)35-19-11-22-44-47(35)40-30-33(26-28-43(40)49(44)34-15-5-2-6-16-34)32-25-27-42-39(29-32)36-17-7-9-21-41(36)50(42)45-23-12-20-38-37-18-8-10-24-46(37)51-48(38)45/h1-30H/i7D,9D,17D,21D,25D,27D,29D. The number of fused-ring (bicyclic) bond motifs is 9. The van der Waals surface area contributed by atoms with Crippen LogP contribution in [0, 0.1) is 0 Å². The molecule has 0 fully saturated rings. The fourth-order valence-corrected chi connectivity index (χ4v) is 8.95. The Morgan fingerprint density at radius 3 is 2.12 bits per heavy atom. The monoisotopic (exact) mass is 673 g/mol. The van der Waals surface area contributed by atoms with Crippen molar-refractivity contribution in [2.24, 2.45) is 0 Å². The van der Waals surface area contributed by atoms with Crippen LogP contribution in [0.25, 0.3) is 97.4 Å². The van der Waals surface area contributed by atoms with Gasteiger partial charge in [0.25, 0.3) is 0 Å². The van der Waals surface area contributed by atoms with Gasteiger partial charge in [-0.25, -0.2) is 0 Å². The molecular formula is C48H30N2S. The van der Waals surface area contributed by atoms with E-state index in [4.69, 9.17) is 2.74 Å². The number of hydrogen-bond donors (Lipinski definition) is 0. The molecule has 3 heterocycles. The van der Waals surface area contributed by atoms with Gasteiger partial charge >= 0.3 is 0 Å². The fraction of sp³-hybridized carbons (Fsp3) is 0. The zero-order valence-electron chi connectivity index (χ0n) is 34.1. The highest BCUT2D eigenvalue weighted by atomic mass is 32.1. The minimum Gasteiger partial charge on any atom is -0.309 e. The Hall–Kier alpha value is -6.42. The molecule has 3 aromatic heterocycles. The Morgan fingerprint density at radius 2 is 1.22 bits per heavy atom. The fourth-order valence-electron chi connectivity index (χ4n) is 7.75. The molecule has 0 spiro atoms. The Kier molecular flexibility index (Phi) is 4.84. The third kappa shape index (κ3) is 4.22. The summed E-state index contributed by atoms with van der Waals surface area (Å²) in [6, 6.07) is 44.7. The van der Waals surface area contributed by atoms with Crippen LogP contribution in [-0.4, -0.2) is 9.13 Å². The molecule has 11 aromatic rings. The maximum absolute atomic E-state index is 9.93. The predicted molar refractivity (Wildman–Crippen MR) is 219 cm³/mol. The second-order valence-electron chi connectivity index (χ2n) is 12.8. The van der Waals surface area contributed by atoms with Gasteiger partial charge in [-0.15, -0.1) is 11.3 Å². The Morgan fingerprint density at radius 1 is 0.451 bits per heavy atom. The van der Waals surface area contributed by atoms with E-state index in [1.807, 2.05) is 91.0 Å². The summed E-state index contributed by atoms with van der Waals surface area (Å²) in [6.07, 6.45) is 0. The molecule has 0 amide bonds. The number of nitrogens with zero attached hydrogens (tertiary/aromatic N) is 2. The minimum atomic E-state index is -0.414. The highest BCUT2D eigenvalue weighted by Gasteiger charge is 2.19. The molecule has 0 bridgehead atoms. The molecule has 2 nitrogen and oxygen atoms in total. The van der Waals surface area contributed by atoms with Crippen molar-refractivity contribution in [3.63, 3.8) is 0 Å². The lowest BCUT2D eigenvalue weighted by atomic mass is 9.97. The molecule has 0 aliphatic carbocycles. The number of rotatable bonds is 4. The van der Waals surface area contributed by atoms with Gasteiger partial charge in [-0.3, -0.25) is 0 Å². The van der Waals surface area contributed by atoms with E-state index in [0.29, 0.717) is 11.3 Å². The van der Waals surface area contributed by atoms with Gasteiger partial charge in [-0.05, 0) is 82.8 Å². The molecule has 3 heteroatoms. The van der Waals surface area contributed by atoms with Crippen molar-refractivity contribution in [3.05, 3.63) is 182 Å². The van der Waals surface area contributed by atoms with Crippen LogP contribution in [0.15, 0.2) is 182 Å². The third-order valence-corrected chi connectivity index (χ3v) is 11.2. The molecule has 11 rings (SSSR count). The first kappa shape index (κ1) is 22.3. The first-order chi connectivity index (χ1) is 28.2. The van der Waals surface area contributed by atoms with E-state index >= 15 is 0 Å². The van der Waals surface area contributed by atoms with Crippen molar-refractivity contribution in [3.8, 4) is 33.6 Å². The smallest absolute Gasteiger partial charge is 0.0645 e. The van der Waals surface area contributed by atoms with Crippen LogP contribution in [0.3, 0.4) is 0 Å². The molecule has 0 N–H and O–H groups in total. The lowest BCUT2D eigenvalue weighted by Gasteiger charge is -2.10. The van der Waals surface area contributed by atoms with E-state index in [2.05, 4.69) is 53.1 Å². The zero-order chi connectivity index (χ0) is 39.6. The van der Waals surface area contributed by atoms with E-state index in [-0.39, 0.29) is 57.6 Å². The average Bonchev–Trinajstić information content (AvgIpc) is 3.93. The quantitative estimate of drug-likeness (QED) is 0.176. The molecule has 0 aliphatic heterocycles. The average molecular weight is 674 g/mol. The van der Waals surface area contributed by atoms with Crippen LogP contribution in [0.1, 0.15) is 9.60 Å². The van der Waals surface area contributed by atoms with E-state index in [1.165, 1.54) is 0 Å². The van der Waals surface area contributed by atoms with Gasteiger partial charge in [0.1, 0.15) is 0 Å². The number of para-hydroxylation sites is 2. The summed E-state index contributed by atoms with van der Waals surface area (Å²) in [7, 11) is 0. The molecule has 0 saturated heterocycles. The SMILES string of the molecule is [2H]c1c([2H])c([2H])c2c(c1[2H])c1c([2H])c(-c3ccc4c(c3)c3c(-c5ccccc5)cccc3n4-c3ccccc3)c([2H])c([2H])c1n2-c1cccc2c1sc1ccccc12. The van der Waals surface area contributed by atoms with Gasteiger partial charge in [0.2, 0.25) is 0 Å². The second-order valence-corrected chi connectivity index (χ2v) is 13.8. The molecule has 51 heavy (non-hydrogen) atoms. The van der Waals surface area contributed by atoms with Crippen molar-refractivity contribution >= 4 is 75.1 Å². The summed E-state index contributed by atoms with van der Waals surface area (Å²) in [5.41, 5.74) is 6.85. The third-order valence-electron chi connectivity index (χ3n) is 9.96. The summed E-state index contributed by atoms with van der Waals surface area (Å²) < 4.78 is 71.0. The summed E-state index contributed by atoms with van der Waals surface area (Å²) >= 11 is 1.57. The van der Waals surface area contributed by atoms with Crippen molar-refractivity contribution < 1.29 is 9.60 Å². The normalized spacial score (nSPS) is 13.8. The van der Waals surface area contributed by atoms with Crippen molar-refractivity contribution in [1.82, 2.24) is 9.13 Å². The molecule has 0 aliphatic rings. The molecule has 0 unspecified atom stereocenters. The van der Waals surface area contributed by atoms with Crippen LogP contribution in [0.5, 0.6) is 0 Å². The second kappa shape index (κ2) is 11.0. The van der Waals surface area contributed by atoms with Crippen LogP contribution in [0.2, 0.25) is 0 Å². The molecule has 0 radical (unpaired) electrons. The maximum Gasteiger partial charge on any atom is 0.0645 e. The van der Waals surface area contributed by atoms with Crippen molar-refractivity contribution in [2.75, 3.05) is 0 Å². The lowest BCUT2D eigenvalue weighted by Crippen LogP contribution is -1.94. The molecular weight excluding hydrogens is 637 g/mol. The van der Waals surface area contributed by atoms with Gasteiger partial charge < -0.3 is 9.13 Å². The van der Waals surface area contributed by atoms with Gasteiger partial charge in [0.05, 0.1) is 42.0 Å². The zero-order valence-corrected chi connectivity index (χ0v) is 27.9. The Balaban J connectivity index is 1.26. The van der Waals surface area contributed by atoms with Crippen LogP contribution in [-0.2, 0) is 0 Å². The summed E-state index contributed by atoms with van der Waals surface area (Å²) in [5.74, 6) is 0. The molecule has 238 valence electrons. The number of benzene rings is 8. The number of thiophene rings is 1. The van der Waals surface area contributed by atoms with Crippen LogP contribution >= 0.6 is 11.3 Å². The van der Waals surface area contributed by atoms with E-state index in [0.717, 1.165) is 58.8 Å². The minimum absolute atomic E-state index is 0.0669. The van der Waals surface area contributed by atoms with Crippen LogP contribution in [0.4, 0.5) is 0 Å².